The summed E-state index contributed by atoms with van der Waals surface area (Å²) in [6.07, 6.45) is 2.03. The summed E-state index contributed by atoms with van der Waals surface area (Å²) in [6, 6.07) is 11.5. The average Bonchev–Trinajstić information content (AvgIpc) is 2.71. The molecule has 0 aromatic heterocycles. The van der Waals surface area contributed by atoms with Gasteiger partial charge in [0, 0.05) is 17.2 Å². The molecule has 0 atom stereocenters. The van der Waals surface area contributed by atoms with Crippen LogP contribution in [0.15, 0.2) is 42.5 Å². The molecular weight excluding hydrogens is 348 g/mol. The van der Waals surface area contributed by atoms with Crippen LogP contribution in [-0.4, -0.2) is 32.6 Å². The second-order valence-electron chi connectivity index (χ2n) is 5.74. The highest BCUT2D eigenvalue weighted by atomic mass is 16.5. The van der Waals surface area contributed by atoms with Gasteiger partial charge in [-0.3, -0.25) is 20.4 Å². The van der Waals surface area contributed by atoms with Crippen LogP contribution in [0.25, 0.3) is 0 Å². The summed E-state index contributed by atoms with van der Waals surface area (Å²) in [5, 5.41) is 0. The van der Waals surface area contributed by atoms with Crippen molar-refractivity contribution in [3.05, 3.63) is 53.6 Å². The minimum Gasteiger partial charge on any atom is -0.497 e. The fourth-order valence-electron chi connectivity index (χ4n) is 2.23. The number of amides is 2. The third kappa shape index (κ3) is 5.91. The van der Waals surface area contributed by atoms with Crippen molar-refractivity contribution in [2.75, 3.05) is 20.8 Å². The zero-order chi connectivity index (χ0) is 19.6. The molecule has 0 aliphatic carbocycles. The number of carbonyl (C=O) groups is 2. The van der Waals surface area contributed by atoms with Gasteiger partial charge in [-0.15, -0.1) is 0 Å². The second kappa shape index (κ2) is 10.1. The summed E-state index contributed by atoms with van der Waals surface area (Å²) in [5.41, 5.74) is 5.46. The van der Waals surface area contributed by atoms with E-state index in [9.17, 15) is 9.59 Å². The van der Waals surface area contributed by atoms with E-state index in [1.165, 1.54) is 14.2 Å². The minimum atomic E-state index is -0.486. The van der Waals surface area contributed by atoms with Crippen molar-refractivity contribution < 1.29 is 23.8 Å². The molecule has 2 N–H and O–H groups in total. The van der Waals surface area contributed by atoms with Gasteiger partial charge in [-0.2, -0.15) is 0 Å². The predicted molar refractivity (Wildman–Crippen MR) is 101 cm³/mol. The van der Waals surface area contributed by atoms with Crippen LogP contribution in [0, 0.1) is 0 Å². The molecule has 144 valence electrons. The first-order valence-corrected chi connectivity index (χ1v) is 8.64. The van der Waals surface area contributed by atoms with Crippen molar-refractivity contribution >= 4 is 11.8 Å². The van der Waals surface area contributed by atoms with Gasteiger partial charge in [-0.05, 0) is 42.8 Å². The zero-order valence-corrected chi connectivity index (χ0v) is 15.7. The number of hydrogen-bond acceptors (Lipinski definition) is 5. The third-order valence-corrected chi connectivity index (χ3v) is 3.79. The Morgan fingerprint density at radius 2 is 1.37 bits per heavy atom. The van der Waals surface area contributed by atoms with Gasteiger partial charge in [-0.25, -0.2) is 0 Å². The third-order valence-electron chi connectivity index (χ3n) is 3.79. The van der Waals surface area contributed by atoms with E-state index >= 15 is 0 Å². The zero-order valence-electron chi connectivity index (χ0n) is 15.7. The molecule has 7 heteroatoms. The minimum absolute atomic E-state index is 0.297. The number of nitrogens with one attached hydrogen (secondary N) is 2. The quantitative estimate of drug-likeness (QED) is 0.550. The summed E-state index contributed by atoms with van der Waals surface area (Å²) < 4.78 is 15.8. The first-order chi connectivity index (χ1) is 13.1. The Morgan fingerprint density at radius 1 is 0.815 bits per heavy atom. The Kier molecular flexibility index (Phi) is 7.49. The van der Waals surface area contributed by atoms with Crippen LogP contribution in [0.4, 0.5) is 0 Å². The predicted octanol–water partition coefficient (Wildman–Crippen LogP) is 2.96. The molecular formula is C20H24N2O5. The molecule has 0 heterocycles. The van der Waals surface area contributed by atoms with Gasteiger partial charge in [0.05, 0.1) is 20.8 Å². The standard InChI is InChI=1S/C20H24N2O5/c1-4-5-10-27-16-8-6-14(7-9-16)19(23)21-22-20(24)15-11-17(25-2)13-18(12-15)26-3/h6-9,11-13H,4-5,10H2,1-3H3,(H,21,23)(H,22,24). The Balaban J connectivity index is 1.93. The summed E-state index contributed by atoms with van der Waals surface area (Å²) in [4.78, 5) is 24.4. The first-order valence-electron chi connectivity index (χ1n) is 8.64. The van der Waals surface area contributed by atoms with E-state index in [2.05, 4.69) is 17.8 Å². The molecule has 2 aromatic carbocycles. The van der Waals surface area contributed by atoms with Crippen molar-refractivity contribution in [2.45, 2.75) is 19.8 Å². The number of ether oxygens (including phenoxy) is 3. The number of unbranched alkanes of at least 4 members (excludes halogenated alkanes) is 1. The van der Waals surface area contributed by atoms with Crippen LogP contribution >= 0.6 is 0 Å². The monoisotopic (exact) mass is 372 g/mol. The van der Waals surface area contributed by atoms with Crippen molar-refractivity contribution in [1.29, 1.82) is 0 Å². The van der Waals surface area contributed by atoms with Gasteiger partial charge < -0.3 is 14.2 Å². The lowest BCUT2D eigenvalue weighted by Crippen LogP contribution is -2.41. The van der Waals surface area contributed by atoms with Crippen molar-refractivity contribution in [1.82, 2.24) is 10.9 Å². The molecule has 0 aliphatic rings. The van der Waals surface area contributed by atoms with Crippen molar-refractivity contribution in [2.24, 2.45) is 0 Å². The van der Waals surface area contributed by atoms with E-state index in [-0.39, 0.29) is 0 Å². The fraction of sp³-hybridized carbons (Fsp3) is 0.300. The number of hydrogen-bond donors (Lipinski definition) is 2. The van der Waals surface area contributed by atoms with E-state index < -0.39 is 11.8 Å². The van der Waals surface area contributed by atoms with Crippen LogP contribution in [0.5, 0.6) is 17.2 Å². The number of benzene rings is 2. The van der Waals surface area contributed by atoms with Gasteiger partial charge in [0.25, 0.3) is 11.8 Å². The topological polar surface area (TPSA) is 85.9 Å². The molecule has 0 aliphatic heterocycles. The van der Waals surface area contributed by atoms with Gasteiger partial charge >= 0.3 is 0 Å². The van der Waals surface area contributed by atoms with E-state index in [1.54, 1.807) is 42.5 Å². The summed E-state index contributed by atoms with van der Waals surface area (Å²) in [5.74, 6) is 0.736. The molecule has 0 saturated carbocycles. The Morgan fingerprint density at radius 3 is 1.89 bits per heavy atom. The number of carbonyl (C=O) groups excluding carboxylic acids is 2. The van der Waals surface area contributed by atoms with E-state index in [4.69, 9.17) is 14.2 Å². The summed E-state index contributed by atoms with van der Waals surface area (Å²) in [6.45, 7) is 2.73. The maximum absolute atomic E-state index is 12.3. The highest BCUT2D eigenvalue weighted by molar-refractivity contribution is 5.99. The van der Waals surface area contributed by atoms with Gasteiger partial charge in [0.15, 0.2) is 0 Å². The Bertz CT molecular complexity index is 752. The summed E-state index contributed by atoms with van der Waals surface area (Å²) >= 11 is 0. The lowest BCUT2D eigenvalue weighted by atomic mass is 10.2. The molecule has 0 unspecified atom stereocenters. The van der Waals surface area contributed by atoms with E-state index in [0.717, 1.165) is 12.8 Å². The fourth-order valence-corrected chi connectivity index (χ4v) is 2.23. The largest absolute Gasteiger partial charge is 0.497 e. The molecule has 2 amide bonds. The van der Waals surface area contributed by atoms with Crippen molar-refractivity contribution in [3.63, 3.8) is 0 Å². The van der Waals surface area contributed by atoms with Crippen LogP contribution in [0.3, 0.4) is 0 Å². The molecule has 2 aromatic rings. The maximum atomic E-state index is 12.3. The lowest BCUT2D eigenvalue weighted by molar-refractivity contribution is 0.0846. The highest BCUT2D eigenvalue weighted by Gasteiger charge is 2.12. The smallest absolute Gasteiger partial charge is 0.269 e. The van der Waals surface area contributed by atoms with E-state index in [1.807, 2.05) is 0 Å². The maximum Gasteiger partial charge on any atom is 0.269 e. The van der Waals surface area contributed by atoms with Crippen LogP contribution in [-0.2, 0) is 0 Å². The first kappa shape index (κ1) is 20.1. The Labute approximate surface area is 158 Å². The molecule has 0 fully saturated rings. The van der Waals surface area contributed by atoms with Crippen LogP contribution in [0.1, 0.15) is 40.5 Å². The number of rotatable bonds is 8. The normalized spacial score (nSPS) is 10.0. The Hall–Kier alpha value is -3.22. The molecule has 27 heavy (non-hydrogen) atoms. The van der Waals surface area contributed by atoms with Crippen LogP contribution < -0.4 is 25.1 Å². The molecule has 0 bridgehead atoms. The molecule has 2 rings (SSSR count). The number of methoxy groups -OCH3 is 2. The average molecular weight is 372 g/mol. The van der Waals surface area contributed by atoms with E-state index in [0.29, 0.717) is 35.0 Å². The molecule has 7 nitrogen and oxygen atoms in total. The highest BCUT2D eigenvalue weighted by Crippen LogP contribution is 2.22. The van der Waals surface area contributed by atoms with Crippen molar-refractivity contribution in [3.8, 4) is 17.2 Å². The van der Waals surface area contributed by atoms with Gasteiger partial charge in [-0.1, -0.05) is 13.3 Å². The SMILES string of the molecule is CCCCOc1ccc(C(=O)NNC(=O)c2cc(OC)cc(OC)c2)cc1. The van der Waals surface area contributed by atoms with Crippen LogP contribution in [0.2, 0.25) is 0 Å². The van der Waals surface area contributed by atoms with Gasteiger partial charge in [0.1, 0.15) is 17.2 Å². The lowest BCUT2D eigenvalue weighted by Gasteiger charge is -2.10. The molecule has 0 radical (unpaired) electrons. The number of hydrazine groups is 1. The second-order valence-corrected chi connectivity index (χ2v) is 5.74. The molecule has 0 saturated heterocycles. The summed E-state index contributed by atoms with van der Waals surface area (Å²) in [7, 11) is 2.99. The molecule has 0 spiro atoms. The van der Waals surface area contributed by atoms with Gasteiger partial charge in [0.2, 0.25) is 0 Å².